The zero-order chi connectivity index (χ0) is 11.5. The Kier molecular flexibility index (Phi) is 4.39. The van der Waals surface area contributed by atoms with Crippen molar-refractivity contribution in [1.29, 1.82) is 0 Å². The van der Waals surface area contributed by atoms with Crippen LogP contribution >= 0.6 is 31.9 Å². The van der Waals surface area contributed by atoms with E-state index in [1.165, 1.54) is 31.5 Å². The molecule has 0 atom stereocenters. The van der Waals surface area contributed by atoms with Crippen molar-refractivity contribution in [3.05, 3.63) is 26.9 Å². The molecule has 2 rings (SSSR count). The van der Waals surface area contributed by atoms with Gasteiger partial charge in [0.2, 0.25) is 0 Å². The van der Waals surface area contributed by atoms with E-state index in [4.69, 9.17) is 0 Å². The van der Waals surface area contributed by atoms with Crippen molar-refractivity contribution in [1.82, 2.24) is 9.88 Å². The molecule has 4 heteroatoms. The minimum Gasteiger partial charge on any atom is -0.299 e. The van der Waals surface area contributed by atoms with E-state index >= 15 is 0 Å². The highest BCUT2D eigenvalue weighted by Gasteiger charge is 2.15. The molecule has 0 radical (unpaired) electrons. The molecule has 2 heterocycles. The van der Waals surface area contributed by atoms with Crippen LogP contribution in [0.5, 0.6) is 0 Å². The molecule has 0 amide bonds. The van der Waals surface area contributed by atoms with Gasteiger partial charge in [-0.15, -0.1) is 0 Å². The zero-order valence-electron chi connectivity index (χ0n) is 9.42. The first kappa shape index (κ1) is 12.5. The van der Waals surface area contributed by atoms with Crippen molar-refractivity contribution in [2.45, 2.75) is 26.3 Å². The van der Waals surface area contributed by atoms with Gasteiger partial charge in [-0.25, -0.2) is 4.98 Å². The van der Waals surface area contributed by atoms with E-state index in [0.717, 1.165) is 21.7 Å². The van der Waals surface area contributed by atoms with E-state index in [1.54, 1.807) is 0 Å². The fourth-order valence-corrected chi connectivity index (χ4v) is 3.29. The van der Waals surface area contributed by atoms with Crippen LogP contribution < -0.4 is 0 Å². The zero-order valence-corrected chi connectivity index (χ0v) is 12.6. The highest BCUT2D eigenvalue weighted by molar-refractivity contribution is 9.11. The number of halogens is 2. The molecule has 0 aliphatic carbocycles. The lowest BCUT2D eigenvalue weighted by molar-refractivity contribution is 0.185. The Morgan fingerprint density at radius 2 is 1.81 bits per heavy atom. The number of aromatic nitrogens is 1. The number of hydrogen-bond donors (Lipinski definition) is 0. The van der Waals surface area contributed by atoms with E-state index in [9.17, 15) is 0 Å². The predicted molar refractivity (Wildman–Crippen MR) is 73.3 cm³/mol. The second-order valence-electron chi connectivity index (χ2n) is 4.58. The Balaban J connectivity index is 1.98. The number of rotatable bonds is 2. The largest absolute Gasteiger partial charge is 0.299 e. The quantitative estimate of drug-likeness (QED) is 0.755. The molecule has 1 aliphatic heterocycles. The van der Waals surface area contributed by atoms with Crippen LogP contribution in [0.25, 0.3) is 0 Å². The van der Waals surface area contributed by atoms with Crippen molar-refractivity contribution in [2.75, 3.05) is 13.1 Å². The Labute approximate surface area is 114 Å². The molecule has 0 N–H and O–H groups in total. The van der Waals surface area contributed by atoms with Gasteiger partial charge >= 0.3 is 0 Å². The molecule has 0 unspecified atom stereocenters. The van der Waals surface area contributed by atoms with E-state index in [-0.39, 0.29) is 0 Å². The highest BCUT2D eigenvalue weighted by atomic mass is 79.9. The molecule has 88 valence electrons. The molecule has 1 saturated heterocycles. The van der Waals surface area contributed by atoms with Crippen LogP contribution in [-0.4, -0.2) is 23.0 Å². The normalized spacial score (nSPS) is 18.9. The predicted octanol–water partition coefficient (Wildman–Crippen LogP) is 3.84. The lowest BCUT2D eigenvalue weighted by Gasteiger charge is -2.30. The summed E-state index contributed by atoms with van der Waals surface area (Å²) in [6, 6.07) is 4.20. The van der Waals surface area contributed by atoms with Gasteiger partial charge < -0.3 is 0 Å². The SMILES string of the molecule is CC1CCN(Cc2cc(Br)nc(Br)c2)CC1. The molecule has 1 fully saturated rings. The lowest BCUT2D eigenvalue weighted by atomic mass is 9.99. The van der Waals surface area contributed by atoms with Crippen LogP contribution in [0.4, 0.5) is 0 Å². The molecule has 1 aromatic heterocycles. The van der Waals surface area contributed by atoms with Crippen LogP contribution in [0.3, 0.4) is 0 Å². The average molecular weight is 348 g/mol. The van der Waals surface area contributed by atoms with Gasteiger partial charge in [0.25, 0.3) is 0 Å². The van der Waals surface area contributed by atoms with Gasteiger partial charge in [0.15, 0.2) is 0 Å². The van der Waals surface area contributed by atoms with Gasteiger partial charge in [-0.05, 0) is 81.4 Å². The fraction of sp³-hybridized carbons (Fsp3) is 0.583. The summed E-state index contributed by atoms with van der Waals surface area (Å²) >= 11 is 6.86. The van der Waals surface area contributed by atoms with Crippen molar-refractivity contribution in [3.63, 3.8) is 0 Å². The number of hydrogen-bond acceptors (Lipinski definition) is 2. The van der Waals surface area contributed by atoms with Crippen LogP contribution in [0.1, 0.15) is 25.3 Å². The molecule has 2 nitrogen and oxygen atoms in total. The number of pyridine rings is 1. The first-order valence-corrected chi connectivity index (χ1v) is 7.26. The smallest absolute Gasteiger partial charge is 0.107 e. The Hall–Kier alpha value is 0.0700. The summed E-state index contributed by atoms with van der Waals surface area (Å²) in [6.45, 7) is 5.82. The molecule has 0 bridgehead atoms. The molecule has 0 aromatic carbocycles. The number of nitrogens with zero attached hydrogens (tertiary/aromatic N) is 2. The molecular formula is C12H16Br2N2. The van der Waals surface area contributed by atoms with Crippen molar-refractivity contribution >= 4 is 31.9 Å². The Morgan fingerprint density at radius 3 is 2.38 bits per heavy atom. The monoisotopic (exact) mass is 346 g/mol. The molecule has 16 heavy (non-hydrogen) atoms. The minimum atomic E-state index is 0.896. The van der Waals surface area contributed by atoms with Gasteiger partial charge in [0.05, 0.1) is 0 Å². The van der Waals surface area contributed by atoms with E-state index in [2.05, 4.69) is 60.8 Å². The first-order valence-electron chi connectivity index (χ1n) is 5.68. The molecule has 0 spiro atoms. The van der Waals surface area contributed by atoms with Crippen molar-refractivity contribution < 1.29 is 0 Å². The standard InChI is InChI=1S/C12H16Br2N2/c1-9-2-4-16(5-3-9)8-10-6-11(13)15-12(14)7-10/h6-7,9H,2-5,8H2,1H3. The van der Waals surface area contributed by atoms with Crippen LogP contribution in [0.2, 0.25) is 0 Å². The lowest BCUT2D eigenvalue weighted by Crippen LogP contribution is -2.32. The Morgan fingerprint density at radius 1 is 1.25 bits per heavy atom. The van der Waals surface area contributed by atoms with Crippen LogP contribution in [0.15, 0.2) is 21.3 Å². The van der Waals surface area contributed by atoms with Crippen molar-refractivity contribution in [2.24, 2.45) is 5.92 Å². The van der Waals surface area contributed by atoms with Crippen molar-refractivity contribution in [3.8, 4) is 0 Å². The molecule has 1 aromatic rings. The van der Waals surface area contributed by atoms with Crippen LogP contribution in [0, 0.1) is 5.92 Å². The number of likely N-dealkylation sites (tertiary alicyclic amines) is 1. The maximum Gasteiger partial charge on any atom is 0.107 e. The topological polar surface area (TPSA) is 16.1 Å². The summed E-state index contributed by atoms with van der Waals surface area (Å²) in [5.74, 6) is 0.896. The molecule has 1 aliphatic rings. The molecular weight excluding hydrogens is 332 g/mol. The molecule has 0 saturated carbocycles. The van der Waals surface area contributed by atoms with Gasteiger partial charge in [-0.2, -0.15) is 0 Å². The Bertz CT molecular complexity index is 340. The first-order chi connectivity index (χ1) is 7.63. The van der Waals surface area contributed by atoms with E-state index < -0.39 is 0 Å². The average Bonchev–Trinajstić information content (AvgIpc) is 2.20. The summed E-state index contributed by atoms with van der Waals surface area (Å²) in [4.78, 5) is 6.78. The maximum atomic E-state index is 4.25. The van der Waals surface area contributed by atoms with E-state index in [0.29, 0.717) is 0 Å². The third kappa shape index (κ3) is 3.54. The third-order valence-corrected chi connectivity index (χ3v) is 3.92. The summed E-state index contributed by atoms with van der Waals surface area (Å²) in [5.41, 5.74) is 1.32. The fourth-order valence-electron chi connectivity index (χ4n) is 2.08. The third-order valence-electron chi connectivity index (χ3n) is 3.11. The summed E-state index contributed by atoms with van der Waals surface area (Å²) in [6.07, 6.45) is 2.65. The summed E-state index contributed by atoms with van der Waals surface area (Å²) in [7, 11) is 0. The van der Waals surface area contributed by atoms with Gasteiger partial charge in [0, 0.05) is 6.54 Å². The van der Waals surface area contributed by atoms with Gasteiger partial charge in [0.1, 0.15) is 9.21 Å². The second kappa shape index (κ2) is 5.61. The number of piperidine rings is 1. The van der Waals surface area contributed by atoms with E-state index in [1.807, 2.05) is 0 Å². The minimum absolute atomic E-state index is 0.896. The van der Waals surface area contributed by atoms with Crippen LogP contribution in [-0.2, 0) is 6.54 Å². The maximum absolute atomic E-state index is 4.25. The summed E-state index contributed by atoms with van der Waals surface area (Å²) in [5, 5.41) is 0. The summed E-state index contributed by atoms with van der Waals surface area (Å²) < 4.78 is 1.81. The second-order valence-corrected chi connectivity index (χ2v) is 6.20. The van der Waals surface area contributed by atoms with Gasteiger partial charge in [-0.1, -0.05) is 6.92 Å². The highest BCUT2D eigenvalue weighted by Crippen LogP contribution is 2.21. The van der Waals surface area contributed by atoms with Gasteiger partial charge in [-0.3, -0.25) is 4.90 Å².